The van der Waals surface area contributed by atoms with Crippen molar-refractivity contribution in [2.75, 3.05) is 0 Å². The monoisotopic (exact) mass is 266 g/mol. The van der Waals surface area contributed by atoms with Crippen molar-refractivity contribution in [1.82, 2.24) is 15.6 Å². The lowest BCUT2D eigenvalue weighted by Gasteiger charge is -2.02. The zero-order valence-corrected chi connectivity index (χ0v) is 10.4. The molecule has 2 rings (SSSR count). The molecule has 0 aliphatic rings. The maximum Gasteiger partial charge on any atom is 0.265 e. The van der Waals surface area contributed by atoms with E-state index < -0.39 is 0 Å². The maximum absolute atomic E-state index is 11.3. The van der Waals surface area contributed by atoms with Gasteiger partial charge in [-0.25, -0.2) is 5.84 Å². The lowest BCUT2D eigenvalue weighted by atomic mass is 10.1. The molecule has 0 atom stereocenters. The van der Waals surface area contributed by atoms with E-state index in [1.54, 1.807) is 23.3 Å². The molecule has 7 heteroatoms. The molecule has 2 aromatic rings. The van der Waals surface area contributed by atoms with Crippen LogP contribution < -0.4 is 11.3 Å². The number of carbonyl (C=O) groups excluding carboxylic acids is 1. The molecule has 1 aromatic heterocycles. The molecule has 0 spiro atoms. The number of hydrazine groups is 1. The van der Waals surface area contributed by atoms with Crippen molar-refractivity contribution in [1.29, 1.82) is 0 Å². The minimum absolute atomic E-state index is 0.284. The zero-order chi connectivity index (χ0) is 12.1. The molecule has 88 valence electrons. The number of nitrogens with two attached hydrogens (primary N) is 1. The Bertz CT molecular complexity index is 501. The van der Waals surface area contributed by atoms with E-state index in [0.29, 0.717) is 5.56 Å². The van der Waals surface area contributed by atoms with Crippen molar-refractivity contribution in [2.24, 2.45) is 5.84 Å². The fraction of sp³-hybridized carbons (Fsp3) is 0.100. The largest absolute Gasteiger partial charge is 0.290 e. The second kappa shape index (κ2) is 5.76. The molecule has 0 bridgehead atoms. The van der Waals surface area contributed by atoms with Crippen molar-refractivity contribution in [3.8, 4) is 0 Å². The molecule has 3 N–H and O–H groups in total. The lowest BCUT2D eigenvalue weighted by Crippen LogP contribution is -2.29. The Morgan fingerprint density at radius 2 is 2.41 bits per heavy atom. The SMILES string of the molecule is NNC(=O)c1cccc(CSc2nncs2)c1. The van der Waals surface area contributed by atoms with E-state index in [-0.39, 0.29) is 5.91 Å². The van der Waals surface area contributed by atoms with Crippen LogP contribution in [-0.4, -0.2) is 16.1 Å². The number of carbonyl (C=O) groups is 1. The van der Waals surface area contributed by atoms with Gasteiger partial charge in [0.1, 0.15) is 5.51 Å². The molecule has 1 aromatic carbocycles. The molecule has 1 amide bonds. The number of nitrogens with one attached hydrogen (secondary N) is 1. The fourth-order valence-corrected chi connectivity index (χ4v) is 2.69. The van der Waals surface area contributed by atoms with Crippen LogP contribution in [0.15, 0.2) is 34.1 Å². The number of benzene rings is 1. The van der Waals surface area contributed by atoms with Gasteiger partial charge in [0.25, 0.3) is 5.91 Å². The summed E-state index contributed by atoms with van der Waals surface area (Å²) in [7, 11) is 0. The molecule has 0 aliphatic heterocycles. The Labute approximate surface area is 106 Å². The van der Waals surface area contributed by atoms with Gasteiger partial charge in [-0.05, 0) is 17.7 Å². The smallest absolute Gasteiger partial charge is 0.265 e. The third-order valence-electron chi connectivity index (χ3n) is 2.02. The lowest BCUT2D eigenvalue weighted by molar-refractivity contribution is 0.0953. The third-order valence-corrected chi connectivity index (χ3v) is 3.95. The Balaban J connectivity index is 2.03. The molecule has 0 fully saturated rings. The van der Waals surface area contributed by atoms with Crippen LogP contribution in [0.4, 0.5) is 0 Å². The number of nitrogens with zero attached hydrogens (tertiary/aromatic N) is 2. The standard InChI is InChI=1S/C10H10N4OS2/c11-13-9(15)8-3-1-2-7(4-8)5-16-10-14-12-6-17-10/h1-4,6H,5,11H2,(H,13,15). The van der Waals surface area contributed by atoms with Crippen molar-refractivity contribution in [3.05, 3.63) is 40.9 Å². The first kappa shape index (κ1) is 12.0. The van der Waals surface area contributed by atoms with E-state index in [1.165, 1.54) is 11.3 Å². The van der Waals surface area contributed by atoms with Crippen LogP contribution in [0, 0.1) is 0 Å². The highest BCUT2D eigenvalue weighted by Gasteiger charge is 2.05. The van der Waals surface area contributed by atoms with Gasteiger partial charge >= 0.3 is 0 Å². The van der Waals surface area contributed by atoms with Crippen LogP contribution in [0.1, 0.15) is 15.9 Å². The van der Waals surface area contributed by atoms with Gasteiger partial charge in [0.05, 0.1) is 0 Å². The van der Waals surface area contributed by atoms with Crippen LogP contribution in [-0.2, 0) is 5.75 Å². The van der Waals surface area contributed by atoms with Gasteiger partial charge in [-0.3, -0.25) is 10.2 Å². The summed E-state index contributed by atoms with van der Waals surface area (Å²) in [6, 6.07) is 7.33. The Kier molecular flexibility index (Phi) is 4.08. The Morgan fingerprint density at radius 3 is 3.12 bits per heavy atom. The van der Waals surface area contributed by atoms with E-state index in [2.05, 4.69) is 15.6 Å². The summed E-state index contributed by atoms with van der Waals surface area (Å²) >= 11 is 3.09. The first-order valence-corrected chi connectivity index (χ1v) is 6.65. The predicted molar refractivity (Wildman–Crippen MR) is 67.6 cm³/mol. The summed E-state index contributed by atoms with van der Waals surface area (Å²) in [5.41, 5.74) is 5.41. The van der Waals surface area contributed by atoms with Gasteiger partial charge in [-0.15, -0.1) is 10.2 Å². The molecule has 1 heterocycles. The van der Waals surface area contributed by atoms with Gasteiger partial charge < -0.3 is 0 Å². The van der Waals surface area contributed by atoms with Gasteiger partial charge in [0.2, 0.25) is 0 Å². The molecule has 5 nitrogen and oxygen atoms in total. The Morgan fingerprint density at radius 1 is 1.53 bits per heavy atom. The molecule has 0 radical (unpaired) electrons. The van der Waals surface area contributed by atoms with Crippen molar-refractivity contribution >= 4 is 29.0 Å². The van der Waals surface area contributed by atoms with E-state index in [4.69, 9.17) is 5.84 Å². The third kappa shape index (κ3) is 3.26. The molecule has 0 aliphatic carbocycles. The number of hydrogen-bond donors (Lipinski definition) is 2. The first-order valence-electron chi connectivity index (χ1n) is 4.78. The van der Waals surface area contributed by atoms with Crippen LogP contribution in [0.25, 0.3) is 0 Å². The van der Waals surface area contributed by atoms with Crippen LogP contribution in [0.3, 0.4) is 0 Å². The van der Waals surface area contributed by atoms with Crippen LogP contribution >= 0.6 is 23.1 Å². The summed E-state index contributed by atoms with van der Waals surface area (Å²) < 4.78 is 0.915. The topological polar surface area (TPSA) is 80.9 Å². The minimum atomic E-state index is -0.284. The van der Waals surface area contributed by atoms with Gasteiger partial charge in [-0.1, -0.05) is 35.2 Å². The zero-order valence-electron chi connectivity index (χ0n) is 8.79. The fourth-order valence-electron chi connectivity index (χ4n) is 1.26. The summed E-state index contributed by atoms with van der Waals surface area (Å²) in [6.07, 6.45) is 0. The number of aromatic nitrogens is 2. The first-order chi connectivity index (χ1) is 8.29. The van der Waals surface area contributed by atoms with Crippen molar-refractivity contribution in [3.63, 3.8) is 0 Å². The van der Waals surface area contributed by atoms with Gasteiger partial charge in [0, 0.05) is 11.3 Å². The second-order valence-electron chi connectivity index (χ2n) is 3.17. The number of thioether (sulfide) groups is 1. The highest BCUT2D eigenvalue weighted by molar-refractivity contribution is 8.00. The number of nitrogen functional groups attached to an aromatic ring is 1. The Hall–Kier alpha value is -1.44. The summed E-state index contributed by atoms with van der Waals surface area (Å²) in [6.45, 7) is 0. The molecular weight excluding hydrogens is 256 g/mol. The van der Waals surface area contributed by atoms with E-state index in [9.17, 15) is 4.79 Å². The van der Waals surface area contributed by atoms with Crippen LogP contribution in [0.2, 0.25) is 0 Å². The highest BCUT2D eigenvalue weighted by Crippen LogP contribution is 2.23. The molecule has 0 saturated heterocycles. The predicted octanol–water partition coefficient (Wildman–Crippen LogP) is 1.43. The van der Waals surface area contributed by atoms with E-state index >= 15 is 0 Å². The summed E-state index contributed by atoms with van der Waals surface area (Å²) in [4.78, 5) is 11.3. The van der Waals surface area contributed by atoms with Crippen LogP contribution in [0.5, 0.6) is 0 Å². The average molecular weight is 266 g/mol. The number of rotatable bonds is 4. The minimum Gasteiger partial charge on any atom is -0.290 e. The molecular formula is C10H10N4OS2. The van der Waals surface area contributed by atoms with E-state index in [1.807, 2.05) is 18.2 Å². The summed E-state index contributed by atoms with van der Waals surface area (Å²) in [5, 5.41) is 7.70. The quantitative estimate of drug-likeness (QED) is 0.379. The van der Waals surface area contributed by atoms with Crippen molar-refractivity contribution < 1.29 is 4.79 Å². The second-order valence-corrected chi connectivity index (χ2v) is 5.22. The maximum atomic E-state index is 11.3. The molecule has 0 unspecified atom stereocenters. The normalized spacial score (nSPS) is 10.2. The van der Waals surface area contributed by atoms with E-state index in [0.717, 1.165) is 15.7 Å². The van der Waals surface area contributed by atoms with Gasteiger partial charge in [0.15, 0.2) is 4.34 Å². The number of amides is 1. The summed E-state index contributed by atoms with van der Waals surface area (Å²) in [5.74, 6) is 5.55. The highest BCUT2D eigenvalue weighted by atomic mass is 32.2. The van der Waals surface area contributed by atoms with Crippen molar-refractivity contribution in [2.45, 2.75) is 10.1 Å². The average Bonchev–Trinajstić information content (AvgIpc) is 2.89. The van der Waals surface area contributed by atoms with Gasteiger partial charge in [-0.2, -0.15) is 0 Å². The molecule has 17 heavy (non-hydrogen) atoms. The number of hydrogen-bond acceptors (Lipinski definition) is 6. The molecule has 0 saturated carbocycles.